The number of likely N-dealkylation sites (N-methyl/N-ethyl adjacent to an activating group) is 1. The van der Waals surface area contributed by atoms with E-state index in [1.54, 1.807) is 24.1 Å². The normalized spacial score (nSPS) is 21.2. The molecule has 2 aromatic rings. The number of hydrogen-bond acceptors (Lipinski definition) is 6. The molecular weight excluding hydrogens is 509 g/mol. The number of rotatable bonds is 6. The first-order valence-corrected chi connectivity index (χ1v) is 14.4. The number of carbonyl (C=O) groups excluding carboxylic acids is 1. The number of nitrogens with zero attached hydrogens (tertiary/aromatic N) is 3. The number of aliphatic hydroxyl groups excluding tert-OH is 1. The Balaban J connectivity index is 1.66. The third-order valence-electron chi connectivity index (χ3n) is 7.24. The van der Waals surface area contributed by atoms with Crippen molar-refractivity contribution in [3.63, 3.8) is 0 Å². The van der Waals surface area contributed by atoms with Gasteiger partial charge in [-0.05, 0) is 44.0 Å². The van der Waals surface area contributed by atoms with Crippen LogP contribution >= 0.6 is 0 Å². The molecule has 0 spiro atoms. The molecule has 3 atom stereocenters. The van der Waals surface area contributed by atoms with Gasteiger partial charge in [0, 0.05) is 37.2 Å². The van der Waals surface area contributed by atoms with Crippen LogP contribution in [0.1, 0.15) is 55.5 Å². The predicted molar refractivity (Wildman–Crippen MR) is 140 cm³/mol. The van der Waals surface area contributed by atoms with Crippen molar-refractivity contribution in [1.29, 1.82) is 0 Å². The number of amides is 1. The fraction of sp³-hybridized carbons (Fsp3) is 0.500. The summed E-state index contributed by atoms with van der Waals surface area (Å²) in [7, 11) is -2.59. The fourth-order valence-electron chi connectivity index (χ4n) is 4.80. The maximum atomic E-state index is 13.7. The SMILES string of the molecule is C[C@H](CO)N1C[C@H](C)[C@H](CN(C)S(=O)(=O)c2cccc(F)c2)Oc2ncc(C#CC3CCCC3)cc2C1=O. The van der Waals surface area contributed by atoms with Gasteiger partial charge in [0.25, 0.3) is 5.91 Å². The number of carbonyl (C=O) groups is 1. The van der Waals surface area contributed by atoms with Crippen LogP contribution in [0.2, 0.25) is 0 Å². The number of hydrogen-bond donors (Lipinski definition) is 1. The summed E-state index contributed by atoms with van der Waals surface area (Å²) in [5.74, 6) is 5.56. The molecule has 4 rings (SSSR count). The Kier molecular flexibility index (Phi) is 8.71. The summed E-state index contributed by atoms with van der Waals surface area (Å²) in [5, 5.41) is 9.85. The van der Waals surface area contributed by atoms with E-state index in [0.29, 0.717) is 11.5 Å². The van der Waals surface area contributed by atoms with Crippen LogP contribution < -0.4 is 4.74 Å². The number of sulfonamides is 1. The highest BCUT2D eigenvalue weighted by Gasteiger charge is 2.36. The smallest absolute Gasteiger partial charge is 0.259 e. The van der Waals surface area contributed by atoms with E-state index >= 15 is 0 Å². The van der Waals surface area contributed by atoms with E-state index in [0.717, 1.165) is 23.2 Å². The van der Waals surface area contributed by atoms with E-state index in [2.05, 4.69) is 16.8 Å². The molecule has 1 saturated carbocycles. The highest BCUT2D eigenvalue weighted by molar-refractivity contribution is 7.89. The second-order valence-corrected chi connectivity index (χ2v) is 12.2. The molecule has 0 unspecified atom stereocenters. The van der Waals surface area contributed by atoms with Crippen molar-refractivity contribution in [2.24, 2.45) is 11.8 Å². The first-order valence-electron chi connectivity index (χ1n) is 12.9. The first kappa shape index (κ1) is 28.0. The maximum absolute atomic E-state index is 13.7. The van der Waals surface area contributed by atoms with Crippen LogP contribution in [0.5, 0.6) is 5.88 Å². The third kappa shape index (κ3) is 6.17. The molecule has 8 nitrogen and oxygen atoms in total. The maximum Gasteiger partial charge on any atom is 0.259 e. The highest BCUT2D eigenvalue weighted by Crippen LogP contribution is 2.29. The molecule has 2 aliphatic rings. The Labute approximate surface area is 223 Å². The van der Waals surface area contributed by atoms with Gasteiger partial charge in [-0.3, -0.25) is 4.79 Å². The molecule has 2 heterocycles. The zero-order valence-corrected chi connectivity index (χ0v) is 22.7. The zero-order chi connectivity index (χ0) is 27.4. The molecule has 1 amide bonds. The predicted octanol–water partition coefficient (Wildman–Crippen LogP) is 3.30. The lowest BCUT2D eigenvalue weighted by Gasteiger charge is -2.37. The molecule has 38 heavy (non-hydrogen) atoms. The number of aliphatic hydroxyl groups is 1. The second-order valence-electron chi connectivity index (χ2n) is 10.2. The van der Waals surface area contributed by atoms with E-state index in [4.69, 9.17) is 4.74 Å². The minimum atomic E-state index is -4.00. The lowest BCUT2D eigenvalue weighted by molar-refractivity contribution is 0.0373. The van der Waals surface area contributed by atoms with Crippen LogP contribution in [0.3, 0.4) is 0 Å². The summed E-state index contributed by atoms with van der Waals surface area (Å²) in [6.07, 6.45) is 5.37. The van der Waals surface area contributed by atoms with E-state index in [-0.39, 0.29) is 47.9 Å². The Morgan fingerprint density at radius 2 is 2.03 bits per heavy atom. The van der Waals surface area contributed by atoms with E-state index < -0.39 is 28.0 Å². The van der Waals surface area contributed by atoms with Crippen LogP contribution in [-0.4, -0.2) is 72.5 Å². The van der Waals surface area contributed by atoms with Crippen molar-refractivity contribution >= 4 is 15.9 Å². The number of aromatic nitrogens is 1. The van der Waals surface area contributed by atoms with Gasteiger partial charge in [0.2, 0.25) is 15.9 Å². The monoisotopic (exact) mass is 543 g/mol. The summed E-state index contributed by atoms with van der Waals surface area (Å²) in [4.78, 5) is 19.4. The molecule has 1 aromatic heterocycles. The Morgan fingerprint density at radius 1 is 1.29 bits per heavy atom. The summed E-state index contributed by atoms with van der Waals surface area (Å²) in [6.45, 7) is 3.54. The molecule has 204 valence electrons. The van der Waals surface area contributed by atoms with Crippen LogP contribution in [0.15, 0.2) is 41.4 Å². The average molecular weight is 544 g/mol. The van der Waals surface area contributed by atoms with Crippen molar-refractivity contribution in [1.82, 2.24) is 14.2 Å². The summed E-state index contributed by atoms with van der Waals surface area (Å²) in [6, 6.07) is 6.02. The number of fused-ring (bicyclic) bond motifs is 1. The van der Waals surface area contributed by atoms with Crippen molar-refractivity contribution in [2.45, 2.75) is 56.6 Å². The summed E-state index contributed by atoms with van der Waals surface area (Å²) >= 11 is 0. The lowest BCUT2D eigenvalue weighted by atomic mass is 10.00. The Bertz CT molecular complexity index is 1330. The number of pyridine rings is 1. The van der Waals surface area contributed by atoms with E-state index in [1.807, 2.05) is 6.92 Å². The van der Waals surface area contributed by atoms with Gasteiger partial charge in [0.05, 0.1) is 24.1 Å². The Morgan fingerprint density at radius 3 is 2.71 bits per heavy atom. The molecule has 1 fully saturated rings. The van der Waals surface area contributed by atoms with Crippen LogP contribution in [0.4, 0.5) is 4.39 Å². The fourth-order valence-corrected chi connectivity index (χ4v) is 6.02. The van der Waals surface area contributed by atoms with Gasteiger partial charge in [-0.1, -0.05) is 37.7 Å². The summed E-state index contributed by atoms with van der Waals surface area (Å²) < 4.78 is 47.3. The average Bonchev–Trinajstić information content (AvgIpc) is 3.43. The van der Waals surface area contributed by atoms with Gasteiger partial charge in [-0.15, -0.1) is 0 Å². The van der Waals surface area contributed by atoms with Gasteiger partial charge in [-0.25, -0.2) is 17.8 Å². The van der Waals surface area contributed by atoms with Crippen molar-refractivity contribution in [2.75, 3.05) is 26.7 Å². The topological polar surface area (TPSA) is 100 Å². The molecule has 1 N–H and O–H groups in total. The molecule has 1 aromatic carbocycles. The lowest BCUT2D eigenvalue weighted by Crippen LogP contribution is -2.50. The van der Waals surface area contributed by atoms with Crippen molar-refractivity contribution in [3.05, 3.63) is 53.5 Å². The first-order chi connectivity index (χ1) is 18.1. The quantitative estimate of drug-likeness (QED) is 0.562. The van der Waals surface area contributed by atoms with Crippen LogP contribution in [0.25, 0.3) is 0 Å². The molecule has 0 radical (unpaired) electrons. The number of halogens is 1. The van der Waals surface area contributed by atoms with E-state index in [1.165, 1.54) is 38.1 Å². The third-order valence-corrected chi connectivity index (χ3v) is 9.06. The van der Waals surface area contributed by atoms with E-state index in [9.17, 15) is 22.7 Å². The second kappa shape index (κ2) is 11.8. The minimum absolute atomic E-state index is 0.0556. The number of ether oxygens (including phenoxy) is 1. The molecule has 1 aliphatic heterocycles. The highest BCUT2D eigenvalue weighted by atomic mass is 32.2. The minimum Gasteiger partial charge on any atom is -0.472 e. The largest absolute Gasteiger partial charge is 0.472 e. The molecule has 10 heteroatoms. The number of benzene rings is 1. The summed E-state index contributed by atoms with van der Waals surface area (Å²) in [5.41, 5.74) is 0.816. The molecule has 0 saturated heterocycles. The van der Waals surface area contributed by atoms with Gasteiger partial charge < -0.3 is 14.7 Å². The van der Waals surface area contributed by atoms with Gasteiger partial charge in [0.15, 0.2) is 0 Å². The van der Waals surface area contributed by atoms with Gasteiger partial charge >= 0.3 is 0 Å². The standard InChI is InChI=1S/C28H34FN3O5S/c1-19-16-32(20(2)18-33)28(34)25-13-22(12-11-21-7-4-5-8-21)15-30-27(25)37-26(19)17-31(3)38(35,36)24-10-6-9-23(29)14-24/h6,9-10,13-15,19-21,26,33H,4-5,7-8,16-18H2,1-3H3/t19-,20+,26-/m0/s1. The molecule has 1 aliphatic carbocycles. The molecular formula is C28H34FN3O5S. The van der Waals surface area contributed by atoms with Crippen LogP contribution in [-0.2, 0) is 10.0 Å². The Hall–Kier alpha value is -3.00. The van der Waals surface area contributed by atoms with Crippen molar-refractivity contribution < 1.29 is 27.4 Å². The van der Waals surface area contributed by atoms with Gasteiger partial charge in [-0.2, -0.15) is 4.31 Å². The molecule has 0 bridgehead atoms. The van der Waals surface area contributed by atoms with Gasteiger partial charge in [0.1, 0.15) is 17.5 Å². The van der Waals surface area contributed by atoms with Crippen molar-refractivity contribution in [3.8, 4) is 17.7 Å². The van der Waals surface area contributed by atoms with Crippen LogP contribution in [0, 0.1) is 29.5 Å². The zero-order valence-electron chi connectivity index (χ0n) is 21.9.